The number of phenols is 3. The first-order valence-electron chi connectivity index (χ1n) is 49.4. The second kappa shape index (κ2) is 43.4. The average molecular weight is 2060 g/mol. The Hall–Kier alpha value is -10.2. The quantitative estimate of drug-likeness (QED) is 0.0675. The highest BCUT2D eigenvalue weighted by Gasteiger charge is 2.50. The van der Waals surface area contributed by atoms with E-state index in [0.717, 1.165) is 95.8 Å². The van der Waals surface area contributed by atoms with Gasteiger partial charge in [0.05, 0.1) is 108 Å². The average Bonchev–Trinajstić information content (AvgIpc) is 1.01. The van der Waals surface area contributed by atoms with Crippen molar-refractivity contribution in [3.63, 3.8) is 0 Å². The Morgan fingerprint density at radius 2 is 0.638 bits per heavy atom. The van der Waals surface area contributed by atoms with Crippen molar-refractivity contribution in [2.45, 2.75) is 214 Å². The number of nitrogens with one attached hydrogen (secondary N) is 6. The van der Waals surface area contributed by atoms with Gasteiger partial charge in [0.2, 0.25) is 0 Å². The Labute approximate surface area is 848 Å². The highest BCUT2D eigenvalue weighted by molar-refractivity contribution is 9.10. The van der Waals surface area contributed by atoms with Gasteiger partial charge < -0.3 is 110 Å². The van der Waals surface area contributed by atoms with Crippen LogP contribution >= 0.6 is 43.2 Å². The molecule has 0 spiro atoms. The number of rotatable bonds is 8. The number of hydrogen-bond acceptors (Lipinski definition) is 23. The summed E-state index contributed by atoms with van der Waals surface area (Å²) in [4.78, 5) is 0. The number of anilines is 6. The number of aliphatic hydroxyl groups excluding tert-OH is 2. The Morgan fingerprint density at radius 1 is 0.312 bits per heavy atom. The summed E-state index contributed by atoms with van der Waals surface area (Å²) in [5, 5.41) is 74.5. The molecule has 0 bridgehead atoms. The highest BCUT2D eigenvalue weighted by atomic mass is 79.9. The van der Waals surface area contributed by atoms with Crippen molar-refractivity contribution in [3.05, 3.63) is 357 Å². The number of aromatic hydroxyl groups is 3. The van der Waals surface area contributed by atoms with Crippen molar-refractivity contribution in [3.8, 4) is 17.2 Å². The number of hydrogen-bond donors (Lipinski definition) is 11. The monoisotopic (exact) mass is 2050 g/mol. The van der Waals surface area contributed by atoms with Gasteiger partial charge in [-0.15, -0.1) is 0 Å². The first-order chi connectivity index (χ1) is 68.1. The number of benzene rings is 11. The minimum atomic E-state index is -0.281. The molecule has 24 rings (SSSR count). The zero-order valence-corrected chi connectivity index (χ0v) is 85.4. The fourth-order valence-electron chi connectivity index (χ4n) is 21.4. The van der Waals surface area contributed by atoms with Crippen molar-refractivity contribution >= 4 is 77.3 Å². The Morgan fingerprint density at radius 3 is 1.03 bits per heavy atom. The van der Waals surface area contributed by atoms with Crippen LogP contribution in [0.1, 0.15) is 237 Å². The summed E-state index contributed by atoms with van der Waals surface area (Å²) in [6, 6.07) is 83.9. The van der Waals surface area contributed by atoms with Gasteiger partial charge in [-0.3, -0.25) is 0 Å². The van der Waals surface area contributed by atoms with Crippen LogP contribution in [0.4, 0.5) is 34.1 Å². The first-order valence-corrected chi connectivity index (χ1v) is 52.0. The first kappa shape index (κ1) is 99.5. The van der Waals surface area contributed by atoms with Gasteiger partial charge in [-0.1, -0.05) is 245 Å². The Bertz CT molecular complexity index is 5860. The number of phenolic OH excluding ortho intramolecular Hbond substituents is 3. The summed E-state index contributed by atoms with van der Waals surface area (Å²) in [5.74, 6) is 1.22. The Balaban J connectivity index is 0.000000108. The molecule has 25 heteroatoms. The molecule has 8 unspecified atom stereocenters. The topological polar surface area (TPSA) is 275 Å². The molecule has 1 aromatic heterocycles. The third kappa shape index (κ3) is 22.2. The van der Waals surface area contributed by atoms with E-state index in [-0.39, 0.29) is 157 Å². The van der Waals surface area contributed by atoms with Crippen LogP contribution in [0, 0.1) is 12.8 Å². The number of halogens is 2. The lowest BCUT2D eigenvalue weighted by atomic mass is 9.77. The van der Waals surface area contributed by atoms with Gasteiger partial charge in [0, 0.05) is 89.0 Å². The maximum atomic E-state index is 9.81. The van der Waals surface area contributed by atoms with Gasteiger partial charge in [-0.25, -0.2) is 0 Å². The van der Waals surface area contributed by atoms with E-state index in [0.29, 0.717) is 64.5 Å². The molecule has 0 aliphatic carbocycles. The van der Waals surface area contributed by atoms with Gasteiger partial charge in [0.1, 0.15) is 90.5 Å². The molecule has 22 nitrogen and oxygen atoms in total. The van der Waals surface area contributed by atoms with E-state index in [9.17, 15) is 25.5 Å². The van der Waals surface area contributed by atoms with Crippen LogP contribution in [0.2, 0.25) is 0 Å². The van der Waals surface area contributed by atoms with E-state index in [4.69, 9.17) is 52.1 Å². The predicted molar refractivity (Wildman–Crippen MR) is 560 cm³/mol. The molecular formula is C116H130Br2N6O16S. The van der Waals surface area contributed by atoms with Crippen molar-refractivity contribution in [1.29, 1.82) is 0 Å². The van der Waals surface area contributed by atoms with Crippen LogP contribution in [0.5, 0.6) is 17.2 Å². The summed E-state index contributed by atoms with van der Waals surface area (Å²) in [6.45, 7) is 27.4. The van der Waals surface area contributed by atoms with Crippen LogP contribution in [0.3, 0.4) is 0 Å². The lowest BCUT2D eigenvalue weighted by Crippen LogP contribution is -2.47. The van der Waals surface area contributed by atoms with Gasteiger partial charge in [-0.2, -0.15) is 11.3 Å². The molecule has 0 amide bonds. The van der Waals surface area contributed by atoms with Crippen molar-refractivity contribution in [2.75, 3.05) is 105 Å². The van der Waals surface area contributed by atoms with E-state index < -0.39 is 0 Å². The molecular weight excluding hydrogens is 1930 g/mol. The number of aliphatic hydroxyl groups is 2. The second-order valence-corrected chi connectivity index (χ2v) is 44.0. The van der Waals surface area contributed by atoms with E-state index >= 15 is 0 Å². The molecule has 12 aliphatic heterocycles. The van der Waals surface area contributed by atoms with Gasteiger partial charge in [-0.05, 0) is 200 Å². The number of thiophene rings is 1. The van der Waals surface area contributed by atoms with Gasteiger partial charge in [0.25, 0.3) is 0 Å². The molecule has 12 aliphatic rings. The molecule has 12 aromatic rings. The number of aryl methyl sites for hydroxylation is 1. The van der Waals surface area contributed by atoms with E-state index in [1.165, 1.54) is 55.8 Å². The summed E-state index contributed by atoms with van der Waals surface area (Å²) >= 11 is 8.80. The molecule has 11 N–H and O–H groups in total. The van der Waals surface area contributed by atoms with Crippen molar-refractivity contribution in [2.24, 2.45) is 5.92 Å². The van der Waals surface area contributed by atoms with Crippen molar-refractivity contribution in [1.82, 2.24) is 0 Å². The predicted octanol–water partition coefficient (Wildman–Crippen LogP) is 24.5. The molecule has 20 atom stereocenters. The zero-order valence-electron chi connectivity index (χ0n) is 81.5. The fourth-order valence-corrected chi connectivity index (χ4v) is 22.8. The molecule has 0 saturated carbocycles. The molecule has 740 valence electrons. The summed E-state index contributed by atoms with van der Waals surface area (Å²) in [6.07, 6.45) is 0.803. The SMILES string of the molecule is CC(C)(C)c1ccc2c(c1)C1OC(CO)COC1C(c1ccccc1)N2.CC(C)(C)c1ccc2c(c1)[C@H]1OC(CO)CO[C@H]1[C@H](c1ccccc1)N2.CC(C)(C)c1ccc2c(c1)[C@H]1OCCO[C@H]1[C@H](c1ccsc1)N2.Cc1ccc2c(c1)[C@H]1OCCO[C@H]1[C@H](c1cccc(O)c1)N2.Oc1cccc(C2Nc3ccc(Br)cc3C3OCCOC23)c1.Oc1cccc([C@@H]2Nc3ccc(Br)cc3[C@H]3OCCC[C@H]32)c1. The Kier molecular flexibility index (Phi) is 30.6. The van der Waals surface area contributed by atoms with Crippen LogP contribution in [-0.4, -0.2) is 141 Å². The maximum Gasteiger partial charge on any atom is 0.115 e. The maximum absolute atomic E-state index is 9.81. The lowest BCUT2D eigenvalue weighted by molar-refractivity contribution is -0.199. The van der Waals surface area contributed by atoms with E-state index in [1.54, 1.807) is 41.7 Å². The summed E-state index contributed by atoms with van der Waals surface area (Å²) in [5.41, 5.74) is 25.6. The molecule has 11 aromatic carbocycles. The number of fused-ring (bicyclic) bond motifs is 18. The molecule has 0 radical (unpaired) electrons. The van der Waals surface area contributed by atoms with Gasteiger partial charge >= 0.3 is 0 Å². The third-order valence-electron chi connectivity index (χ3n) is 28.6. The summed E-state index contributed by atoms with van der Waals surface area (Å²) < 4.78 is 69.4. The zero-order chi connectivity index (χ0) is 98.0. The van der Waals surface area contributed by atoms with E-state index in [1.807, 2.05) is 84.9 Å². The highest BCUT2D eigenvalue weighted by Crippen LogP contribution is 2.55. The number of ether oxygens (including phenoxy) is 11. The van der Waals surface area contributed by atoms with Gasteiger partial charge in [0.15, 0.2) is 0 Å². The second-order valence-electron chi connectivity index (χ2n) is 41.4. The van der Waals surface area contributed by atoms with Crippen LogP contribution in [0.25, 0.3) is 0 Å². The minimum Gasteiger partial charge on any atom is -0.508 e. The summed E-state index contributed by atoms with van der Waals surface area (Å²) in [7, 11) is 0. The smallest absolute Gasteiger partial charge is 0.115 e. The van der Waals surface area contributed by atoms with Crippen LogP contribution in [-0.2, 0) is 68.4 Å². The standard InChI is InChI=1S/2C22H27NO3.C19H23NO2S.C18H18BrNO2.C18H19NO3.C17H16BrNO3/c2*1-22(2,3)15-9-10-18-17(11-15)20-21(25-13-16(12-24)26-20)19(23-18)14-7-5-4-6-8-14;1-19(2,3)13-4-5-15-14(10-13)17-18(22-8-7-21-17)16(20-15)12-6-9-23-11-12;19-12-6-7-16-15(10-12)18-14(5-2-8-22-18)17(20-16)11-3-1-4-13(21)9-11;1-11-5-6-15-14(9-11)17-18(22-8-7-21-17)16(19-15)12-3-2-4-13(20)10-12;18-11-4-5-14-13(9-11)16-17(22-7-6-21-16)15(19-14)10-2-1-3-12(20)8-10/h2*4-11,16,19-21,23-24H,12-13H2,1-3H3;4-6,9-11,16-18,20H,7-8H2,1-3H3;1,3-4,6-7,9-10,14,17-18,20-21H,2,5,8H2;2-6,9-10,16-20H,7-8H2,1H3;1-5,8-9,15-17,19-20H,6-7H2/t16?,19-,20+,21-;;16-,17+,18-;14-,17-,18-;16-,17+,18-;/m0.000./s1. The minimum absolute atomic E-state index is 0.00667. The van der Waals surface area contributed by atoms with E-state index in [2.05, 4.69) is 277 Å². The molecule has 13 heterocycles. The molecule has 6 saturated heterocycles. The largest absolute Gasteiger partial charge is 0.508 e. The fraction of sp³-hybridized carbons (Fsp3) is 0.397. The van der Waals surface area contributed by atoms with Crippen LogP contribution < -0.4 is 31.9 Å². The molecule has 141 heavy (non-hydrogen) atoms. The normalized spacial score (nSPS) is 27.2. The van der Waals surface area contributed by atoms with Crippen molar-refractivity contribution < 1.29 is 77.6 Å². The third-order valence-corrected chi connectivity index (χ3v) is 30.3. The molecule has 6 fully saturated rings. The lowest BCUT2D eigenvalue weighted by Gasteiger charge is -2.45. The van der Waals surface area contributed by atoms with Crippen LogP contribution in [0.15, 0.2) is 268 Å².